The molecule has 14 atom stereocenters. The van der Waals surface area contributed by atoms with E-state index in [-0.39, 0.29) is 11.5 Å². The smallest absolute Gasteiger partial charge is 0.186 e. The van der Waals surface area contributed by atoms with Crippen LogP contribution >= 0.6 is 0 Å². The Labute approximate surface area is 248 Å². The molecule has 1 saturated heterocycles. The minimum atomic E-state index is -1.40. The lowest BCUT2D eigenvalue weighted by Crippen LogP contribution is -2.60. The molecule has 1 heterocycles. The zero-order valence-corrected chi connectivity index (χ0v) is 26.4. The van der Waals surface area contributed by atoms with Crippen molar-refractivity contribution in [3.8, 4) is 0 Å². The predicted molar refractivity (Wildman–Crippen MR) is 161 cm³/mol. The van der Waals surface area contributed by atoms with Crippen molar-refractivity contribution in [1.82, 2.24) is 0 Å². The van der Waals surface area contributed by atoms with Crippen LogP contribution in [-0.2, 0) is 9.47 Å². The maximum absolute atomic E-state index is 10.5. The second kappa shape index (κ2) is 12.3. The molecule has 234 valence electrons. The van der Waals surface area contributed by atoms with Crippen molar-refractivity contribution in [2.45, 2.75) is 136 Å². The highest BCUT2D eigenvalue weighted by atomic mass is 16.7. The lowest BCUT2D eigenvalue weighted by molar-refractivity contribution is -0.315. The number of rotatable bonds is 8. The summed E-state index contributed by atoms with van der Waals surface area (Å²) in [6, 6.07) is 0. The zero-order valence-electron chi connectivity index (χ0n) is 26.4. The van der Waals surface area contributed by atoms with E-state index < -0.39 is 37.3 Å². The van der Waals surface area contributed by atoms with Crippen LogP contribution in [0.5, 0.6) is 0 Å². The van der Waals surface area contributed by atoms with Crippen LogP contribution in [0.3, 0.4) is 0 Å². The van der Waals surface area contributed by atoms with Crippen molar-refractivity contribution in [2.75, 3.05) is 6.61 Å². The molecule has 1 aliphatic heterocycles. The topological polar surface area (TPSA) is 99.4 Å². The first-order chi connectivity index (χ1) is 19.4. The Morgan fingerprint density at radius 2 is 1.66 bits per heavy atom. The number of aliphatic hydroxyl groups is 4. The van der Waals surface area contributed by atoms with Crippen molar-refractivity contribution in [1.29, 1.82) is 0 Å². The van der Waals surface area contributed by atoms with E-state index in [1.165, 1.54) is 32.1 Å². The third kappa shape index (κ3) is 5.64. The second-order valence-electron chi connectivity index (χ2n) is 15.3. The molecule has 6 heteroatoms. The highest BCUT2D eigenvalue weighted by Gasteiger charge is 2.58. The van der Waals surface area contributed by atoms with E-state index in [0.29, 0.717) is 40.9 Å². The highest BCUT2D eigenvalue weighted by Crippen LogP contribution is 2.67. The van der Waals surface area contributed by atoms with Gasteiger partial charge in [0.25, 0.3) is 0 Å². The fourth-order valence-corrected chi connectivity index (χ4v) is 10.2. The molecule has 0 aromatic rings. The molecule has 4 aliphatic carbocycles. The summed E-state index contributed by atoms with van der Waals surface area (Å²) >= 11 is 0. The quantitative estimate of drug-likeness (QED) is 0.281. The van der Waals surface area contributed by atoms with Crippen molar-refractivity contribution in [3.05, 3.63) is 23.8 Å². The van der Waals surface area contributed by atoms with E-state index in [1.807, 2.05) is 0 Å². The summed E-state index contributed by atoms with van der Waals surface area (Å²) in [6.45, 7) is 14.2. The van der Waals surface area contributed by atoms with Gasteiger partial charge in [-0.25, -0.2) is 0 Å². The molecule has 5 rings (SSSR count). The Morgan fingerprint density at radius 1 is 0.951 bits per heavy atom. The molecule has 4 N–H and O–H groups in total. The molecule has 6 nitrogen and oxygen atoms in total. The van der Waals surface area contributed by atoms with Gasteiger partial charge in [0.2, 0.25) is 0 Å². The average molecular weight is 575 g/mol. The van der Waals surface area contributed by atoms with Crippen LogP contribution in [0.15, 0.2) is 23.8 Å². The summed E-state index contributed by atoms with van der Waals surface area (Å²) in [4.78, 5) is 0. The molecular formula is C35H58O6. The van der Waals surface area contributed by atoms with E-state index in [4.69, 9.17) is 9.47 Å². The maximum atomic E-state index is 10.5. The van der Waals surface area contributed by atoms with Gasteiger partial charge in [-0.3, -0.25) is 0 Å². The Bertz CT molecular complexity index is 960. The molecule has 5 aliphatic rings. The van der Waals surface area contributed by atoms with Crippen LogP contribution in [0.2, 0.25) is 0 Å². The fraction of sp³-hybridized carbons (Fsp3) is 0.886. The molecule has 0 unspecified atom stereocenters. The average Bonchev–Trinajstić information content (AvgIpc) is 3.30. The summed E-state index contributed by atoms with van der Waals surface area (Å²) in [7, 11) is 0. The Kier molecular flexibility index (Phi) is 9.51. The SMILES string of the molecule is CC[C@H](/C=C/[C@H](C)[C@H]1CC[C@H]2C3=CC[C@H]4C[C@H](O[C@@H]5O[C@H](CO)[C@@H](O)[C@H](O)[C@H]5O)CC[C@]4(C)[C@@H]3CC[C@]12C)C(C)C. The maximum Gasteiger partial charge on any atom is 0.186 e. The molecule has 0 bridgehead atoms. The van der Waals surface area contributed by atoms with Crippen molar-refractivity contribution >= 4 is 0 Å². The summed E-state index contributed by atoms with van der Waals surface area (Å²) in [5, 5.41) is 40.4. The number of fused-ring (bicyclic) bond motifs is 5. The van der Waals surface area contributed by atoms with Crippen LogP contribution in [-0.4, -0.2) is 63.8 Å². The third-order valence-corrected chi connectivity index (χ3v) is 12.9. The minimum absolute atomic E-state index is 0.0698. The monoisotopic (exact) mass is 574 g/mol. The molecule has 0 aromatic heterocycles. The number of ether oxygens (including phenoxy) is 2. The van der Waals surface area contributed by atoms with Gasteiger partial charge in [-0.05, 0) is 110 Å². The first kappa shape index (κ1) is 31.7. The second-order valence-corrected chi connectivity index (χ2v) is 15.3. The van der Waals surface area contributed by atoms with Gasteiger partial charge in [0.15, 0.2) is 6.29 Å². The van der Waals surface area contributed by atoms with Gasteiger partial charge in [0.1, 0.15) is 24.4 Å². The van der Waals surface area contributed by atoms with E-state index in [9.17, 15) is 20.4 Å². The van der Waals surface area contributed by atoms with Gasteiger partial charge >= 0.3 is 0 Å². The first-order valence-electron chi connectivity index (χ1n) is 16.8. The third-order valence-electron chi connectivity index (χ3n) is 12.9. The van der Waals surface area contributed by atoms with Gasteiger partial charge in [-0.2, -0.15) is 0 Å². The van der Waals surface area contributed by atoms with E-state index >= 15 is 0 Å². The first-order valence-corrected chi connectivity index (χ1v) is 16.8. The Morgan fingerprint density at radius 3 is 2.34 bits per heavy atom. The number of allylic oxidation sites excluding steroid dienone is 4. The zero-order chi connectivity index (χ0) is 29.7. The van der Waals surface area contributed by atoms with E-state index in [2.05, 4.69) is 59.8 Å². The fourth-order valence-electron chi connectivity index (χ4n) is 10.2. The molecule has 41 heavy (non-hydrogen) atoms. The van der Waals surface area contributed by atoms with Crippen LogP contribution in [0, 0.1) is 52.3 Å². The molecule has 0 radical (unpaired) electrons. The van der Waals surface area contributed by atoms with Crippen molar-refractivity contribution in [3.63, 3.8) is 0 Å². The lowest BCUT2D eigenvalue weighted by Gasteiger charge is -2.58. The van der Waals surface area contributed by atoms with E-state index in [0.717, 1.165) is 31.6 Å². The van der Waals surface area contributed by atoms with Crippen molar-refractivity contribution < 1.29 is 29.9 Å². The van der Waals surface area contributed by atoms with E-state index in [1.54, 1.807) is 5.57 Å². The number of aliphatic hydroxyl groups excluding tert-OH is 4. The normalized spacial score (nSPS) is 47.9. The molecule has 0 amide bonds. The number of hydrogen-bond acceptors (Lipinski definition) is 6. The number of hydrogen-bond donors (Lipinski definition) is 4. The summed E-state index contributed by atoms with van der Waals surface area (Å²) in [6.07, 6.45) is 12.0. The van der Waals surface area contributed by atoms with Gasteiger partial charge < -0.3 is 29.9 Å². The van der Waals surface area contributed by atoms with Gasteiger partial charge in [-0.1, -0.05) is 65.3 Å². The summed E-state index contributed by atoms with van der Waals surface area (Å²) in [5.74, 6) is 4.61. The lowest BCUT2D eigenvalue weighted by atomic mass is 9.47. The summed E-state index contributed by atoms with van der Waals surface area (Å²) < 4.78 is 11.9. The van der Waals surface area contributed by atoms with Crippen LogP contribution < -0.4 is 0 Å². The standard InChI is InChI=1S/C35H58O6/c1-7-22(20(2)3)9-8-21(4)26-12-13-27-25-11-10-23-18-24(14-16-34(23,5)28(25)15-17-35(26,27)6)40-33-32(39)31(38)30(37)29(19-36)41-33/h8-9,11,20-24,26-33,36-39H,7,10,12-19H2,1-6H3/b9-8+/t21-,22+,23-,24+,26+,27-,28+,29+,30+,31-,32+,33+,34-,35+/m0/s1. The Hall–Kier alpha value is -0.760. The highest BCUT2D eigenvalue weighted by molar-refractivity contribution is 5.28. The van der Waals surface area contributed by atoms with Gasteiger partial charge in [0.05, 0.1) is 12.7 Å². The van der Waals surface area contributed by atoms with Crippen molar-refractivity contribution in [2.24, 2.45) is 52.3 Å². The predicted octanol–water partition coefficient (Wildman–Crippen LogP) is 5.63. The minimum Gasteiger partial charge on any atom is -0.394 e. The molecule has 0 spiro atoms. The molecule has 0 aromatic carbocycles. The van der Waals surface area contributed by atoms with Crippen LogP contribution in [0.1, 0.15) is 99.3 Å². The van der Waals surface area contributed by atoms with Crippen LogP contribution in [0.4, 0.5) is 0 Å². The Balaban J connectivity index is 1.26. The molecular weight excluding hydrogens is 516 g/mol. The van der Waals surface area contributed by atoms with Gasteiger partial charge in [0, 0.05) is 0 Å². The van der Waals surface area contributed by atoms with Gasteiger partial charge in [-0.15, -0.1) is 0 Å². The van der Waals surface area contributed by atoms with Crippen LogP contribution in [0.25, 0.3) is 0 Å². The molecule has 3 saturated carbocycles. The largest absolute Gasteiger partial charge is 0.394 e. The molecule has 4 fully saturated rings. The summed E-state index contributed by atoms with van der Waals surface area (Å²) in [5.41, 5.74) is 2.41.